The molecule has 0 aliphatic heterocycles. The van der Waals surface area contributed by atoms with Gasteiger partial charge in [-0.3, -0.25) is 4.99 Å². The molecule has 6 heteroatoms. The summed E-state index contributed by atoms with van der Waals surface area (Å²) < 4.78 is 0. The molecule has 104 valence electrons. The molecule has 0 saturated carbocycles. The van der Waals surface area contributed by atoms with Crippen molar-refractivity contribution in [1.82, 2.24) is 15.6 Å². The third kappa shape index (κ3) is 7.15. The maximum Gasteiger partial charge on any atom is 0.191 e. The number of aliphatic imine (C=N–C) groups is 1. The number of halogens is 1. The third-order valence-corrected chi connectivity index (χ3v) is 3.31. The lowest BCUT2D eigenvalue weighted by Crippen LogP contribution is -2.37. The fourth-order valence-electron chi connectivity index (χ4n) is 1.46. The molecule has 18 heavy (non-hydrogen) atoms. The van der Waals surface area contributed by atoms with E-state index < -0.39 is 0 Å². The summed E-state index contributed by atoms with van der Waals surface area (Å²) in [4.78, 5) is 9.65. The predicted molar refractivity (Wildman–Crippen MR) is 90.0 cm³/mol. The van der Waals surface area contributed by atoms with Gasteiger partial charge < -0.3 is 10.6 Å². The zero-order chi connectivity index (χ0) is 12.5. The Morgan fingerprint density at radius 2 is 2.17 bits per heavy atom. The van der Waals surface area contributed by atoms with E-state index >= 15 is 0 Å². The molecule has 1 aromatic rings. The molecular formula is C12H23IN4S. The van der Waals surface area contributed by atoms with E-state index in [0.29, 0.717) is 0 Å². The fourth-order valence-corrected chi connectivity index (χ4v) is 2.19. The fraction of sp³-hybridized carbons (Fsp3) is 0.667. The van der Waals surface area contributed by atoms with E-state index in [4.69, 9.17) is 0 Å². The smallest absolute Gasteiger partial charge is 0.191 e. The highest BCUT2D eigenvalue weighted by Crippen LogP contribution is 2.10. The number of aromatic nitrogens is 1. The van der Waals surface area contributed by atoms with E-state index in [2.05, 4.69) is 27.5 Å². The second-order valence-corrected chi connectivity index (χ2v) is 5.22. The summed E-state index contributed by atoms with van der Waals surface area (Å²) in [5.74, 6) is 0.868. The molecule has 0 amide bonds. The van der Waals surface area contributed by atoms with E-state index in [1.807, 2.05) is 13.1 Å². The molecular weight excluding hydrogens is 359 g/mol. The van der Waals surface area contributed by atoms with E-state index in [-0.39, 0.29) is 24.0 Å². The van der Waals surface area contributed by atoms with Gasteiger partial charge in [0.25, 0.3) is 0 Å². The Morgan fingerprint density at radius 3 is 2.72 bits per heavy atom. The minimum atomic E-state index is 0. The lowest BCUT2D eigenvalue weighted by Gasteiger charge is -2.10. The van der Waals surface area contributed by atoms with Crippen LogP contribution >= 0.6 is 35.3 Å². The Bertz CT molecular complexity index is 352. The predicted octanol–water partition coefficient (Wildman–Crippen LogP) is 2.92. The maximum atomic E-state index is 4.23. The Kier molecular flexibility index (Phi) is 10.3. The average Bonchev–Trinajstić information content (AvgIpc) is 2.74. The molecule has 1 aromatic heterocycles. The van der Waals surface area contributed by atoms with Crippen molar-refractivity contribution in [2.45, 2.75) is 39.7 Å². The van der Waals surface area contributed by atoms with Crippen molar-refractivity contribution in [3.63, 3.8) is 0 Å². The van der Waals surface area contributed by atoms with E-state index in [1.54, 1.807) is 18.4 Å². The number of nitrogens with one attached hydrogen (secondary N) is 2. The summed E-state index contributed by atoms with van der Waals surface area (Å²) in [5.41, 5.74) is 0. The first kappa shape index (κ1) is 17.6. The molecule has 0 spiro atoms. The van der Waals surface area contributed by atoms with Crippen LogP contribution in [-0.2, 0) is 6.54 Å². The van der Waals surface area contributed by atoms with Gasteiger partial charge in [0.05, 0.1) is 11.6 Å². The van der Waals surface area contributed by atoms with Crippen LogP contribution in [0.3, 0.4) is 0 Å². The second kappa shape index (κ2) is 10.5. The first-order valence-corrected chi connectivity index (χ1v) is 6.93. The Labute approximate surface area is 131 Å². The van der Waals surface area contributed by atoms with E-state index in [1.165, 1.54) is 24.1 Å². The average molecular weight is 382 g/mol. The number of guanidine groups is 1. The van der Waals surface area contributed by atoms with Crippen LogP contribution in [0.1, 0.15) is 36.1 Å². The lowest BCUT2D eigenvalue weighted by atomic mass is 10.2. The van der Waals surface area contributed by atoms with Gasteiger partial charge in [0.15, 0.2) is 5.96 Å². The summed E-state index contributed by atoms with van der Waals surface area (Å²) in [7, 11) is 1.80. The molecule has 0 aliphatic rings. The number of rotatable bonds is 6. The zero-order valence-electron chi connectivity index (χ0n) is 11.3. The molecule has 2 N–H and O–H groups in total. The molecule has 1 heterocycles. The lowest BCUT2D eigenvalue weighted by molar-refractivity contribution is 0.683. The van der Waals surface area contributed by atoms with Crippen molar-refractivity contribution in [3.05, 3.63) is 16.1 Å². The summed E-state index contributed by atoms with van der Waals surface area (Å²) in [6.07, 6.45) is 5.61. The van der Waals surface area contributed by atoms with Crippen LogP contribution in [0.5, 0.6) is 0 Å². The van der Waals surface area contributed by atoms with Gasteiger partial charge in [0.2, 0.25) is 0 Å². The molecule has 0 unspecified atom stereocenters. The summed E-state index contributed by atoms with van der Waals surface area (Å²) >= 11 is 1.72. The molecule has 0 aromatic carbocycles. The van der Waals surface area contributed by atoms with Gasteiger partial charge in [-0.05, 0) is 13.3 Å². The molecule has 0 fully saturated rings. The van der Waals surface area contributed by atoms with Crippen LogP contribution in [0.15, 0.2) is 11.2 Å². The molecule has 0 radical (unpaired) electrons. The van der Waals surface area contributed by atoms with Crippen LogP contribution < -0.4 is 10.6 Å². The van der Waals surface area contributed by atoms with Gasteiger partial charge >= 0.3 is 0 Å². The molecule has 4 nitrogen and oxygen atoms in total. The standard InChI is InChI=1S/C12H22N4S.HI/c1-4-5-6-7-14-12(13-3)16-9-11-8-15-10(2)17-11;/h8H,4-7,9H2,1-3H3,(H2,13,14,16);1H. The van der Waals surface area contributed by atoms with Gasteiger partial charge in [-0.1, -0.05) is 19.8 Å². The largest absolute Gasteiger partial charge is 0.356 e. The maximum absolute atomic E-state index is 4.23. The number of aryl methyl sites for hydroxylation is 1. The quantitative estimate of drug-likeness (QED) is 0.344. The molecule has 0 aliphatic carbocycles. The van der Waals surface area contributed by atoms with Crippen molar-refractivity contribution in [2.24, 2.45) is 4.99 Å². The van der Waals surface area contributed by atoms with Crippen LogP contribution in [0.25, 0.3) is 0 Å². The van der Waals surface area contributed by atoms with Gasteiger partial charge in [0, 0.05) is 24.7 Å². The van der Waals surface area contributed by atoms with Gasteiger partial charge in [0.1, 0.15) is 0 Å². The van der Waals surface area contributed by atoms with Crippen molar-refractivity contribution < 1.29 is 0 Å². The highest BCUT2D eigenvalue weighted by molar-refractivity contribution is 14.0. The number of nitrogens with zero attached hydrogens (tertiary/aromatic N) is 2. The van der Waals surface area contributed by atoms with Crippen LogP contribution in [-0.4, -0.2) is 24.5 Å². The number of unbranched alkanes of at least 4 members (excludes halogenated alkanes) is 2. The molecule has 0 saturated heterocycles. The number of thiazole rings is 1. The van der Waals surface area contributed by atoms with Crippen molar-refractivity contribution >= 4 is 41.3 Å². The summed E-state index contributed by atoms with van der Waals surface area (Å²) in [5, 5.41) is 7.69. The zero-order valence-corrected chi connectivity index (χ0v) is 14.5. The second-order valence-electron chi connectivity index (χ2n) is 3.91. The number of hydrogen-bond donors (Lipinski definition) is 2. The highest BCUT2D eigenvalue weighted by Gasteiger charge is 2.00. The topological polar surface area (TPSA) is 49.3 Å². The molecule has 0 bridgehead atoms. The molecule has 1 rings (SSSR count). The monoisotopic (exact) mass is 382 g/mol. The summed E-state index contributed by atoms with van der Waals surface area (Å²) in [6.45, 7) is 6.00. The molecule has 0 atom stereocenters. The highest BCUT2D eigenvalue weighted by atomic mass is 127. The van der Waals surface area contributed by atoms with Gasteiger partial charge in [-0.2, -0.15) is 0 Å². The first-order chi connectivity index (χ1) is 8.26. The van der Waals surface area contributed by atoms with E-state index in [0.717, 1.165) is 24.1 Å². The first-order valence-electron chi connectivity index (χ1n) is 6.12. The number of hydrogen-bond acceptors (Lipinski definition) is 3. The minimum absolute atomic E-state index is 0. The van der Waals surface area contributed by atoms with Crippen molar-refractivity contribution in [2.75, 3.05) is 13.6 Å². The van der Waals surface area contributed by atoms with Gasteiger partial charge in [-0.15, -0.1) is 35.3 Å². The van der Waals surface area contributed by atoms with Crippen molar-refractivity contribution in [3.8, 4) is 0 Å². The normalized spacial score (nSPS) is 10.9. The van der Waals surface area contributed by atoms with Crippen LogP contribution in [0.4, 0.5) is 0 Å². The van der Waals surface area contributed by atoms with Gasteiger partial charge in [-0.25, -0.2) is 4.98 Å². The Balaban J connectivity index is 0.00000289. The van der Waals surface area contributed by atoms with Crippen molar-refractivity contribution in [1.29, 1.82) is 0 Å². The SMILES string of the molecule is CCCCCNC(=NC)NCc1cnc(C)s1.I. The van der Waals surface area contributed by atoms with E-state index in [9.17, 15) is 0 Å². The van der Waals surface area contributed by atoms with Crippen LogP contribution in [0, 0.1) is 6.92 Å². The summed E-state index contributed by atoms with van der Waals surface area (Å²) in [6, 6.07) is 0. The van der Waals surface area contributed by atoms with Crippen LogP contribution in [0.2, 0.25) is 0 Å². The Morgan fingerprint density at radius 1 is 1.39 bits per heavy atom. The minimum Gasteiger partial charge on any atom is -0.356 e. The third-order valence-electron chi connectivity index (χ3n) is 2.40. The Hall–Kier alpha value is -0.370.